The van der Waals surface area contributed by atoms with Gasteiger partial charge in [0.25, 0.3) is 5.91 Å². The lowest BCUT2D eigenvalue weighted by atomic mass is 10.2. The number of aromatic nitrogens is 2. The lowest BCUT2D eigenvalue weighted by Crippen LogP contribution is -2.55. The van der Waals surface area contributed by atoms with E-state index in [2.05, 4.69) is 25.4 Å². The zero-order valence-electron chi connectivity index (χ0n) is 13.5. The van der Waals surface area contributed by atoms with Gasteiger partial charge in [0.2, 0.25) is 0 Å². The third-order valence-electron chi connectivity index (χ3n) is 4.30. The normalized spacial score (nSPS) is 22.5. The number of nitrogens with one attached hydrogen (secondary N) is 2. The predicted molar refractivity (Wildman–Crippen MR) is 85.9 cm³/mol. The van der Waals surface area contributed by atoms with E-state index in [1.165, 1.54) is 0 Å². The van der Waals surface area contributed by atoms with E-state index in [0.717, 1.165) is 37.6 Å². The molecule has 8 heteroatoms. The number of aliphatic imine (C=N–C) groups is 1. The maximum absolute atomic E-state index is 12.4. The molecule has 8 nitrogen and oxygen atoms in total. The number of carbonyl (C=O) groups excluding carboxylic acids is 1. The summed E-state index contributed by atoms with van der Waals surface area (Å²) in [6.45, 7) is 4.34. The van der Waals surface area contributed by atoms with Crippen molar-refractivity contribution in [2.45, 2.75) is 25.5 Å². The molecule has 23 heavy (non-hydrogen) atoms. The molecule has 1 aromatic rings. The average molecular weight is 320 g/mol. The Morgan fingerprint density at radius 2 is 2.22 bits per heavy atom. The van der Waals surface area contributed by atoms with Crippen LogP contribution in [-0.4, -0.2) is 77.8 Å². The second kappa shape index (κ2) is 7.45. The van der Waals surface area contributed by atoms with Crippen molar-refractivity contribution in [3.05, 3.63) is 18.0 Å². The third-order valence-corrected chi connectivity index (χ3v) is 4.30. The molecular formula is C15H24N6O2. The van der Waals surface area contributed by atoms with E-state index in [1.807, 2.05) is 11.0 Å². The van der Waals surface area contributed by atoms with Gasteiger partial charge < -0.3 is 19.9 Å². The van der Waals surface area contributed by atoms with E-state index in [-0.39, 0.29) is 12.0 Å². The molecule has 2 aliphatic heterocycles. The smallest absolute Gasteiger partial charge is 0.251 e. The standard InChI is InChI=1S/C15H24N6O2/c1-16-15(17-11-12-4-5-18-19-12)21-8-6-20(7-9-21)14(22)13-3-2-10-23-13/h4-5,13H,2-3,6-11H2,1H3,(H,16,17)(H,18,19). The van der Waals surface area contributed by atoms with Gasteiger partial charge in [-0.1, -0.05) is 0 Å². The Balaban J connectivity index is 1.47. The van der Waals surface area contributed by atoms with E-state index < -0.39 is 0 Å². The topological polar surface area (TPSA) is 85.9 Å². The van der Waals surface area contributed by atoms with Crippen molar-refractivity contribution < 1.29 is 9.53 Å². The van der Waals surface area contributed by atoms with Gasteiger partial charge in [0, 0.05) is 46.0 Å². The van der Waals surface area contributed by atoms with Gasteiger partial charge in [-0.15, -0.1) is 0 Å². The number of ether oxygens (including phenoxy) is 1. The Morgan fingerprint density at radius 3 is 2.83 bits per heavy atom. The maximum Gasteiger partial charge on any atom is 0.251 e. The Kier molecular flexibility index (Phi) is 5.12. The van der Waals surface area contributed by atoms with Crippen LogP contribution in [0.4, 0.5) is 0 Å². The molecule has 0 radical (unpaired) electrons. The first-order chi connectivity index (χ1) is 11.3. The summed E-state index contributed by atoms with van der Waals surface area (Å²) in [4.78, 5) is 20.8. The van der Waals surface area contributed by atoms with Gasteiger partial charge in [-0.3, -0.25) is 14.9 Å². The highest BCUT2D eigenvalue weighted by molar-refractivity contribution is 5.82. The Morgan fingerprint density at radius 1 is 1.43 bits per heavy atom. The second-order valence-electron chi connectivity index (χ2n) is 5.80. The number of amides is 1. The van der Waals surface area contributed by atoms with Gasteiger partial charge in [0.05, 0.1) is 12.2 Å². The largest absolute Gasteiger partial charge is 0.368 e. The van der Waals surface area contributed by atoms with Crippen molar-refractivity contribution in [2.24, 2.45) is 4.99 Å². The molecule has 0 bridgehead atoms. The van der Waals surface area contributed by atoms with Crippen LogP contribution >= 0.6 is 0 Å². The number of H-pyrrole nitrogens is 1. The molecule has 1 unspecified atom stereocenters. The summed E-state index contributed by atoms with van der Waals surface area (Å²) in [5.41, 5.74) is 1.01. The SMILES string of the molecule is CN=C(NCc1ccn[nH]1)N1CCN(C(=O)C2CCCO2)CC1. The number of carbonyl (C=O) groups is 1. The molecule has 2 fully saturated rings. The number of nitrogens with zero attached hydrogens (tertiary/aromatic N) is 4. The summed E-state index contributed by atoms with van der Waals surface area (Å²) in [5, 5.41) is 10.2. The highest BCUT2D eigenvalue weighted by Gasteiger charge is 2.30. The van der Waals surface area contributed by atoms with Crippen LogP contribution in [0.25, 0.3) is 0 Å². The summed E-state index contributed by atoms with van der Waals surface area (Å²) >= 11 is 0. The quantitative estimate of drug-likeness (QED) is 0.595. The number of rotatable bonds is 3. The minimum atomic E-state index is -0.223. The van der Waals surface area contributed by atoms with Crippen LogP contribution < -0.4 is 5.32 Å². The summed E-state index contributed by atoms with van der Waals surface area (Å²) in [5.74, 6) is 0.992. The van der Waals surface area contributed by atoms with Gasteiger partial charge in [0.1, 0.15) is 6.10 Å². The summed E-state index contributed by atoms with van der Waals surface area (Å²) in [6.07, 6.45) is 3.35. The molecule has 0 aromatic carbocycles. The highest BCUT2D eigenvalue weighted by Crippen LogP contribution is 2.16. The van der Waals surface area contributed by atoms with Crippen molar-refractivity contribution in [3.8, 4) is 0 Å². The highest BCUT2D eigenvalue weighted by atomic mass is 16.5. The van der Waals surface area contributed by atoms with Crippen LogP contribution in [0.15, 0.2) is 17.3 Å². The Hall–Kier alpha value is -2.09. The first-order valence-corrected chi connectivity index (χ1v) is 8.12. The summed E-state index contributed by atoms with van der Waals surface area (Å²) in [7, 11) is 1.78. The van der Waals surface area contributed by atoms with Gasteiger partial charge >= 0.3 is 0 Å². The Bertz CT molecular complexity index is 530. The van der Waals surface area contributed by atoms with E-state index in [1.54, 1.807) is 13.2 Å². The van der Waals surface area contributed by atoms with Gasteiger partial charge in [-0.05, 0) is 18.9 Å². The van der Waals surface area contributed by atoms with Crippen molar-refractivity contribution >= 4 is 11.9 Å². The van der Waals surface area contributed by atoms with Crippen LogP contribution in [-0.2, 0) is 16.1 Å². The van der Waals surface area contributed by atoms with Gasteiger partial charge in [-0.25, -0.2) is 0 Å². The molecule has 0 spiro atoms. The molecule has 1 atom stereocenters. The number of guanidine groups is 1. The van der Waals surface area contributed by atoms with E-state index in [9.17, 15) is 4.79 Å². The van der Waals surface area contributed by atoms with Crippen LogP contribution in [0.5, 0.6) is 0 Å². The Labute approximate surface area is 135 Å². The minimum absolute atomic E-state index is 0.141. The average Bonchev–Trinajstić information content (AvgIpc) is 3.29. The van der Waals surface area contributed by atoms with Crippen LogP contribution in [0, 0.1) is 0 Å². The number of aromatic amines is 1. The zero-order valence-corrected chi connectivity index (χ0v) is 13.5. The first kappa shape index (κ1) is 15.8. The van der Waals surface area contributed by atoms with Gasteiger partial charge in [0.15, 0.2) is 5.96 Å². The fourth-order valence-corrected chi connectivity index (χ4v) is 3.00. The number of piperazine rings is 1. The van der Waals surface area contributed by atoms with Crippen molar-refractivity contribution in [1.82, 2.24) is 25.3 Å². The van der Waals surface area contributed by atoms with Crippen LogP contribution in [0.3, 0.4) is 0 Å². The van der Waals surface area contributed by atoms with E-state index in [4.69, 9.17) is 4.74 Å². The predicted octanol–water partition coefficient (Wildman–Crippen LogP) is -0.192. The molecular weight excluding hydrogens is 296 g/mol. The number of hydrogen-bond acceptors (Lipinski definition) is 4. The van der Waals surface area contributed by atoms with Crippen molar-refractivity contribution in [3.63, 3.8) is 0 Å². The third kappa shape index (κ3) is 3.82. The fraction of sp³-hybridized carbons (Fsp3) is 0.667. The fourth-order valence-electron chi connectivity index (χ4n) is 3.00. The van der Waals surface area contributed by atoms with Crippen LogP contribution in [0.1, 0.15) is 18.5 Å². The minimum Gasteiger partial charge on any atom is -0.368 e. The number of hydrogen-bond donors (Lipinski definition) is 2. The lowest BCUT2D eigenvalue weighted by Gasteiger charge is -2.37. The molecule has 3 rings (SSSR count). The molecule has 1 amide bonds. The van der Waals surface area contributed by atoms with E-state index >= 15 is 0 Å². The molecule has 0 aliphatic carbocycles. The zero-order chi connectivity index (χ0) is 16.1. The monoisotopic (exact) mass is 320 g/mol. The molecule has 2 N–H and O–H groups in total. The second-order valence-corrected chi connectivity index (χ2v) is 5.80. The molecule has 2 aliphatic rings. The van der Waals surface area contributed by atoms with Crippen molar-refractivity contribution in [2.75, 3.05) is 39.8 Å². The first-order valence-electron chi connectivity index (χ1n) is 8.12. The van der Waals surface area contributed by atoms with Crippen LogP contribution in [0.2, 0.25) is 0 Å². The summed E-state index contributed by atoms with van der Waals surface area (Å²) < 4.78 is 5.49. The molecule has 3 heterocycles. The maximum atomic E-state index is 12.4. The van der Waals surface area contributed by atoms with E-state index in [0.29, 0.717) is 26.2 Å². The van der Waals surface area contributed by atoms with Gasteiger partial charge in [-0.2, -0.15) is 5.10 Å². The van der Waals surface area contributed by atoms with Crippen molar-refractivity contribution in [1.29, 1.82) is 0 Å². The summed E-state index contributed by atoms with van der Waals surface area (Å²) in [6, 6.07) is 1.93. The molecule has 126 valence electrons. The molecule has 0 saturated carbocycles. The lowest BCUT2D eigenvalue weighted by molar-refractivity contribution is -0.142. The molecule has 1 aromatic heterocycles. The molecule has 2 saturated heterocycles.